The number of likely N-dealkylation sites (tertiary alicyclic amines) is 1. The minimum atomic E-state index is -3.50. The molecule has 1 aromatic carbocycles. The topological polar surface area (TPSA) is 98.9 Å². The SMILES string of the molecule is COc1ccc(OC2CCN(C(=O)CCCS(N)(=O)=O)CC2)cc1. The van der Waals surface area contributed by atoms with Crippen LogP contribution in [-0.2, 0) is 14.8 Å². The molecular formula is C16H24N2O5S. The average molecular weight is 356 g/mol. The molecule has 7 nitrogen and oxygen atoms in total. The number of nitrogens with zero attached hydrogens (tertiary/aromatic N) is 1. The number of benzene rings is 1. The first kappa shape index (κ1) is 18.5. The molecule has 2 rings (SSSR count). The van der Waals surface area contributed by atoms with Crippen molar-refractivity contribution < 1.29 is 22.7 Å². The van der Waals surface area contributed by atoms with E-state index in [1.54, 1.807) is 12.0 Å². The van der Waals surface area contributed by atoms with Gasteiger partial charge in [-0.25, -0.2) is 13.6 Å². The van der Waals surface area contributed by atoms with E-state index in [9.17, 15) is 13.2 Å². The first-order valence-corrected chi connectivity index (χ1v) is 9.68. The first-order chi connectivity index (χ1) is 11.4. The van der Waals surface area contributed by atoms with Gasteiger partial charge in [0.25, 0.3) is 0 Å². The summed E-state index contributed by atoms with van der Waals surface area (Å²) in [6, 6.07) is 7.42. The van der Waals surface area contributed by atoms with Crippen LogP contribution >= 0.6 is 0 Å². The largest absolute Gasteiger partial charge is 0.497 e. The highest BCUT2D eigenvalue weighted by molar-refractivity contribution is 7.89. The predicted molar refractivity (Wildman–Crippen MR) is 90.4 cm³/mol. The molecule has 1 aliphatic rings. The molecule has 0 bridgehead atoms. The summed E-state index contributed by atoms with van der Waals surface area (Å²) in [6.07, 6.45) is 2.06. The lowest BCUT2D eigenvalue weighted by Crippen LogP contribution is -2.41. The minimum Gasteiger partial charge on any atom is -0.497 e. The van der Waals surface area contributed by atoms with Crippen molar-refractivity contribution in [3.8, 4) is 11.5 Å². The second kappa shape index (κ2) is 8.34. The Kier molecular flexibility index (Phi) is 6.44. The van der Waals surface area contributed by atoms with Crippen molar-refractivity contribution in [2.75, 3.05) is 26.0 Å². The van der Waals surface area contributed by atoms with E-state index in [4.69, 9.17) is 14.6 Å². The van der Waals surface area contributed by atoms with Crippen LogP contribution in [0.25, 0.3) is 0 Å². The fourth-order valence-electron chi connectivity index (χ4n) is 2.65. The molecule has 0 aromatic heterocycles. The third-order valence-electron chi connectivity index (χ3n) is 3.98. The summed E-state index contributed by atoms with van der Waals surface area (Å²) < 4.78 is 32.8. The fraction of sp³-hybridized carbons (Fsp3) is 0.562. The van der Waals surface area contributed by atoms with Gasteiger partial charge >= 0.3 is 0 Å². The Morgan fingerprint density at radius 1 is 1.21 bits per heavy atom. The van der Waals surface area contributed by atoms with Crippen LogP contribution in [0, 0.1) is 0 Å². The van der Waals surface area contributed by atoms with Gasteiger partial charge in [-0.15, -0.1) is 0 Å². The molecule has 1 heterocycles. The molecule has 0 atom stereocenters. The monoisotopic (exact) mass is 356 g/mol. The number of piperidine rings is 1. The Balaban J connectivity index is 1.73. The van der Waals surface area contributed by atoms with E-state index in [0.29, 0.717) is 13.1 Å². The molecular weight excluding hydrogens is 332 g/mol. The number of rotatable bonds is 7. The third kappa shape index (κ3) is 6.01. The summed E-state index contributed by atoms with van der Waals surface area (Å²) in [5.74, 6) is 1.38. The van der Waals surface area contributed by atoms with E-state index in [0.717, 1.165) is 24.3 Å². The summed E-state index contributed by atoms with van der Waals surface area (Å²) in [6.45, 7) is 1.24. The van der Waals surface area contributed by atoms with Crippen LogP contribution < -0.4 is 14.6 Å². The summed E-state index contributed by atoms with van der Waals surface area (Å²) in [5, 5.41) is 4.93. The van der Waals surface area contributed by atoms with E-state index in [1.807, 2.05) is 24.3 Å². The maximum atomic E-state index is 12.1. The van der Waals surface area contributed by atoms with Gasteiger partial charge in [0.15, 0.2) is 0 Å². The van der Waals surface area contributed by atoms with Crippen molar-refractivity contribution in [2.24, 2.45) is 5.14 Å². The molecule has 134 valence electrons. The van der Waals surface area contributed by atoms with E-state index < -0.39 is 10.0 Å². The maximum Gasteiger partial charge on any atom is 0.222 e. The lowest BCUT2D eigenvalue weighted by atomic mass is 10.1. The first-order valence-electron chi connectivity index (χ1n) is 7.96. The summed E-state index contributed by atoms with van der Waals surface area (Å²) in [4.78, 5) is 13.8. The van der Waals surface area contributed by atoms with Gasteiger partial charge in [-0.2, -0.15) is 0 Å². The zero-order chi connectivity index (χ0) is 17.6. The number of sulfonamides is 1. The second-order valence-corrected chi connectivity index (χ2v) is 7.58. The number of hydrogen-bond acceptors (Lipinski definition) is 5. The van der Waals surface area contributed by atoms with Gasteiger partial charge < -0.3 is 14.4 Å². The average Bonchev–Trinajstić information content (AvgIpc) is 2.55. The molecule has 0 saturated carbocycles. The number of carbonyl (C=O) groups excluding carboxylic acids is 1. The molecule has 0 radical (unpaired) electrons. The Labute approximate surface area is 142 Å². The minimum absolute atomic E-state index is 0.0263. The Morgan fingerprint density at radius 2 is 1.79 bits per heavy atom. The van der Waals surface area contributed by atoms with E-state index >= 15 is 0 Å². The van der Waals surface area contributed by atoms with Crippen LogP contribution in [0.2, 0.25) is 0 Å². The Morgan fingerprint density at radius 3 is 2.33 bits per heavy atom. The van der Waals surface area contributed by atoms with Crippen molar-refractivity contribution >= 4 is 15.9 Å². The zero-order valence-electron chi connectivity index (χ0n) is 13.8. The molecule has 0 spiro atoms. The predicted octanol–water partition coefficient (Wildman–Crippen LogP) is 1.13. The normalized spacial score (nSPS) is 16.0. The van der Waals surface area contributed by atoms with Crippen molar-refractivity contribution in [3.63, 3.8) is 0 Å². The molecule has 2 N–H and O–H groups in total. The highest BCUT2D eigenvalue weighted by Gasteiger charge is 2.23. The molecule has 0 aliphatic carbocycles. The number of primary sulfonamides is 1. The van der Waals surface area contributed by atoms with Crippen molar-refractivity contribution in [1.29, 1.82) is 0 Å². The summed E-state index contributed by atoms with van der Waals surface area (Å²) in [5.41, 5.74) is 0. The van der Waals surface area contributed by atoms with Gasteiger partial charge in [0.2, 0.25) is 15.9 Å². The lowest BCUT2D eigenvalue weighted by Gasteiger charge is -2.32. The molecule has 8 heteroatoms. The molecule has 24 heavy (non-hydrogen) atoms. The standard InChI is InChI=1S/C16H24N2O5S/c1-22-13-4-6-14(7-5-13)23-15-8-10-18(11-9-15)16(19)3-2-12-24(17,20)21/h4-7,15H,2-3,8-12H2,1H3,(H2,17,20,21). The van der Waals surface area contributed by atoms with Gasteiger partial charge in [-0.1, -0.05) is 0 Å². The van der Waals surface area contributed by atoms with Gasteiger partial charge in [0.1, 0.15) is 17.6 Å². The Bertz CT molecular complexity index is 637. The van der Waals surface area contributed by atoms with Crippen LogP contribution in [0.5, 0.6) is 11.5 Å². The molecule has 1 amide bonds. The highest BCUT2D eigenvalue weighted by Crippen LogP contribution is 2.22. The van der Waals surface area contributed by atoms with Crippen molar-refractivity contribution in [1.82, 2.24) is 4.90 Å². The van der Waals surface area contributed by atoms with E-state index in [2.05, 4.69) is 0 Å². The van der Waals surface area contributed by atoms with Crippen LogP contribution in [0.3, 0.4) is 0 Å². The lowest BCUT2D eigenvalue weighted by molar-refractivity contribution is -0.133. The van der Waals surface area contributed by atoms with Crippen LogP contribution in [0.1, 0.15) is 25.7 Å². The van der Waals surface area contributed by atoms with Crippen molar-refractivity contribution in [2.45, 2.75) is 31.8 Å². The molecule has 0 unspecified atom stereocenters. The Hall–Kier alpha value is -1.80. The molecule has 1 fully saturated rings. The smallest absolute Gasteiger partial charge is 0.222 e. The second-order valence-electron chi connectivity index (χ2n) is 5.84. The fourth-order valence-corrected chi connectivity index (χ4v) is 3.20. The number of methoxy groups -OCH3 is 1. The van der Waals surface area contributed by atoms with Crippen LogP contribution in [0.15, 0.2) is 24.3 Å². The van der Waals surface area contributed by atoms with Crippen molar-refractivity contribution in [3.05, 3.63) is 24.3 Å². The third-order valence-corrected chi connectivity index (χ3v) is 4.83. The highest BCUT2D eigenvalue weighted by atomic mass is 32.2. The number of amides is 1. The van der Waals surface area contributed by atoms with Crippen LogP contribution in [0.4, 0.5) is 0 Å². The van der Waals surface area contributed by atoms with Gasteiger partial charge in [-0.05, 0) is 30.7 Å². The van der Waals surface area contributed by atoms with Gasteiger partial charge in [0, 0.05) is 32.4 Å². The molecule has 1 aromatic rings. The maximum absolute atomic E-state index is 12.1. The van der Waals surface area contributed by atoms with Gasteiger partial charge in [-0.3, -0.25) is 4.79 Å². The van der Waals surface area contributed by atoms with E-state index in [1.165, 1.54) is 0 Å². The van der Waals surface area contributed by atoms with Gasteiger partial charge in [0.05, 0.1) is 12.9 Å². The summed E-state index contributed by atoms with van der Waals surface area (Å²) in [7, 11) is -1.88. The number of carbonyl (C=O) groups is 1. The summed E-state index contributed by atoms with van der Waals surface area (Å²) >= 11 is 0. The van der Waals surface area contributed by atoms with E-state index in [-0.39, 0.29) is 30.6 Å². The quantitative estimate of drug-likeness (QED) is 0.790. The zero-order valence-corrected chi connectivity index (χ0v) is 14.6. The number of ether oxygens (including phenoxy) is 2. The van der Waals surface area contributed by atoms with Crippen LogP contribution in [-0.4, -0.2) is 51.3 Å². The molecule has 1 aliphatic heterocycles. The number of nitrogens with two attached hydrogens (primary N) is 1. The number of hydrogen-bond donors (Lipinski definition) is 1. The molecule has 1 saturated heterocycles.